The van der Waals surface area contributed by atoms with Gasteiger partial charge in [0.15, 0.2) is 5.96 Å². The summed E-state index contributed by atoms with van der Waals surface area (Å²) in [6, 6.07) is 10.2. The smallest absolute Gasteiger partial charge is 0.224 e. The van der Waals surface area contributed by atoms with Crippen LogP contribution in [-0.2, 0) is 24.2 Å². The van der Waals surface area contributed by atoms with Crippen LogP contribution in [-0.4, -0.2) is 50.6 Å². The Morgan fingerprint density at radius 1 is 1.21 bits per heavy atom. The number of hydrogen-bond donors (Lipinski definition) is 2. The first kappa shape index (κ1) is 23.5. The number of nitrogens with one attached hydrogen (secondary N) is 2. The fourth-order valence-electron chi connectivity index (χ4n) is 3.25. The van der Waals surface area contributed by atoms with Crippen LogP contribution >= 0.6 is 35.3 Å². The first-order chi connectivity index (χ1) is 13.7. The fourth-order valence-corrected chi connectivity index (χ4v) is 4.14. The molecule has 0 aliphatic carbocycles. The highest BCUT2D eigenvalue weighted by atomic mass is 127. The number of thiophene rings is 1. The van der Waals surface area contributed by atoms with Crippen molar-refractivity contribution in [3.8, 4) is 5.75 Å². The number of carbonyl (C=O) groups excluding carboxylic acids is 1. The van der Waals surface area contributed by atoms with Gasteiger partial charge in [-0.1, -0.05) is 12.1 Å². The summed E-state index contributed by atoms with van der Waals surface area (Å²) in [6.07, 6.45) is 2.33. The molecule has 0 fully saturated rings. The van der Waals surface area contributed by atoms with Gasteiger partial charge in [-0.2, -0.15) is 0 Å². The molecule has 0 unspecified atom stereocenters. The molecule has 8 heteroatoms. The molecule has 0 saturated heterocycles. The van der Waals surface area contributed by atoms with E-state index < -0.39 is 0 Å². The Labute approximate surface area is 193 Å². The molecule has 1 aliphatic heterocycles. The predicted octanol–water partition coefficient (Wildman–Crippen LogP) is 3.06. The molecule has 1 amide bonds. The number of guanidine groups is 1. The van der Waals surface area contributed by atoms with Crippen molar-refractivity contribution >= 4 is 47.2 Å². The summed E-state index contributed by atoms with van der Waals surface area (Å²) in [5, 5.41) is 8.64. The van der Waals surface area contributed by atoms with Crippen LogP contribution in [0.25, 0.3) is 0 Å². The quantitative estimate of drug-likeness (QED) is 0.330. The van der Waals surface area contributed by atoms with Crippen LogP contribution in [0.5, 0.6) is 5.75 Å². The van der Waals surface area contributed by atoms with Crippen LogP contribution in [0.3, 0.4) is 0 Å². The van der Waals surface area contributed by atoms with Gasteiger partial charge in [-0.3, -0.25) is 9.79 Å². The van der Waals surface area contributed by atoms with Gasteiger partial charge in [0.2, 0.25) is 5.91 Å². The zero-order chi connectivity index (χ0) is 19.8. The summed E-state index contributed by atoms with van der Waals surface area (Å²) in [4.78, 5) is 20.1. The monoisotopic (exact) mass is 528 g/mol. The number of benzene rings is 1. The predicted molar refractivity (Wildman–Crippen MR) is 130 cm³/mol. The van der Waals surface area contributed by atoms with Gasteiger partial charge >= 0.3 is 0 Å². The minimum atomic E-state index is 0. The molecular weight excluding hydrogens is 499 g/mol. The van der Waals surface area contributed by atoms with Crippen molar-refractivity contribution < 1.29 is 9.53 Å². The first-order valence-corrected chi connectivity index (χ1v) is 10.5. The van der Waals surface area contributed by atoms with E-state index in [1.54, 1.807) is 25.5 Å². The standard InChI is InChI=1S/C21H28N4O2S.HI/c1-22-21(23-11-7-16-3-5-18(27-2)6-4-16)24-12-8-20(26)25-13-9-19-17(15-25)10-14-28-19;/h3-6,10,14H,7-9,11-13,15H2,1-2H3,(H2,22,23,24);1H. The zero-order valence-corrected chi connectivity index (χ0v) is 20.1. The third-order valence-electron chi connectivity index (χ3n) is 4.88. The maximum atomic E-state index is 12.5. The summed E-state index contributed by atoms with van der Waals surface area (Å²) in [5.41, 5.74) is 2.53. The number of nitrogens with zero attached hydrogens (tertiary/aromatic N) is 2. The van der Waals surface area contributed by atoms with Crippen molar-refractivity contribution in [1.82, 2.24) is 15.5 Å². The van der Waals surface area contributed by atoms with E-state index in [2.05, 4.69) is 39.2 Å². The maximum Gasteiger partial charge on any atom is 0.224 e. The zero-order valence-electron chi connectivity index (χ0n) is 16.9. The van der Waals surface area contributed by atoms with Gasteiger partial charge in [0.05, 0.1) is 7.11 Å². The Hall–Kier alpha value is -1.81. The first-order valence-electron chi connectivity index (χ1n) is 9.60. The van der Waals surface area contributed by atoms with Crippen LogP contribution in [0.4, 0.5) is 0 Å². The van der Waals surface area contributed by atoms with Crippen LogP contribution in [0.15, 0.2) is 40.7 Å². The normalized spacial score (nSPS) is 13.3. The topological polar surface area (TPSA) is 66.0 Å². The Bertz CT molecular complexity index is 807. The van der Waals surface area contributed by atoms with E-state index in [0.29, 0.717) is 13.0 Å². The number of hydrogen-bond acceptors (Lipinski definition) is 4. The number of fused-ring (bicyclic) bond motifs is 1. The molecule has 1 aromatic carbocycles. The lowest BCUT2D eigenvalue weighted by atomic mass is 10.1. The highest BCUT2D eigenvalue weighted by Gasteiger charge is 2.20. The lowest BCUT2D eigenvalue weighted by Gasteiger charge is -2.27. The summed E-state index contributed by atoms with van der Waals surface area (Å²) in [6.45, 7) is 2.91. The van der Waals surface area contributed by atoms with E-state index in [9.17, 15) is 4.79 Å². The number of amides is 1. The maximum absolute atomic E-state index is 12.5. The van der Waals surface area contributed by atoms with Gasteiger partial charge in [0, 0.05) is 44.5 Å². The minimum absolute atomic E-state index is 0. The molecule has 2 aromatic rings. The summed E-state index contributed by atoms with van der Waals surface area (Å²) in [7, 11) is 3.41. The largest absolute Gasteiger partial charge is 0.497 e. The molecule has 2 N–H and O–H groups in total. The van der Waals surface area contributed by atoms with Crippen LogP contribution < -0.4 is 15.4 Å². The molecule has 0 radical (unpaired) electrons. The number of methoxy groups -OCH3 is 1. The number of rotatable bonds is 7. The average Bonchev–Trinajstić information content (AvgIpc) is 3.20. The SMILES string of the molecule is CN=C(NCCC(=O)N1CCc2sccc2C1)NCCc1ccc(OC)cc1.I. The third-order valence-corrected chi connectivity index (χ3v) is 5.90. The van der Waals surface area contributed by atoms with Gasteiger partial charge in [-0.15, -0.1) is 35.3 Å². The van der Waals surface area contributed by atoms with Gasteiger partial charge in [-0.25, -0.2) is 0 Å². The average molecular weight is 528 g/mol. The molecule has 1 aromatic heterocycles. The second kappa shape index (κ2) is 12.0. The molecule has 0 spiro atoms. The van der Waals surface area contributed by atoms with Crippen molar-refractivity contribution in [2.45, 2.75) is 25.8 Å². The molecular formula is C21H29IN4O2S. The minimum Gasteiger partial charge on any atom is -0.497 e. The molecule has 0 saturated carbocycles. The molecule has 3 rings (SSSR count). The van der Waals surface area contributed by atoms with E-state index in [4.69, 9.17) is 4.74 Å². The Morgan fingerprint density at radius 2 is 1.97 bits per heavy atom. The highest BCUT2D eigenvalue weighted by molar-refractivity contribution is 14.0. The number of aliphatic imine (C=N–C) groups is 1. The molecule has 29 heavy (non-hydrogen) atoms. The lowest BCUT2D eigenvalue weighted by Crippen LogP contribution is -2.41. The van der Waals surface area contributed by atoms with Crippen LogP contribution in [0.1, 0.15) is 22.4 Å². The second-order valence-electron chi connectivity index (χ2n) is 6.71. The van der Waals surface area contributed by atoms with Crippen molar-refractivity contribution in [3.63, 3.8) is 0 Å². The molecule has 0 bridgehead atoms. The van der Waals surface area contributed by atoms with Crippen molar-refractivity contribution in [2.24, 2.45) is 4.99 Å². The van der Waals surface area contributed by atoms with Crippen LogP contribution in [0, 0.1) is 0 Å². The van der Waals surface area contributed by atoms with Crippen molar-refractivity contribution in [1.29, 1.82) is 0 Å². The molecule has 158 valence electrons. The Balaban J connectivity index is 0.00000300. The highest BCUT2D eigenvalue weighted by Crippen LogP contribution is 2.24. The summed E-state index contributed by atoms with van der Waals surface area (Å²) in [5.74, 6) is 1.78. The number of carbonyl (C=O) groups is 1. The van der Waals surface area contributed by atoms with Crippen molar-refractivity contribution in [2.75, 3.05) is 33.8 Å². The Kier molecular flexibility index (Phi) is 9.72. The van der Waals surface area contributed by atoms with E-state index >= 15 is 0 Å². The van der Waals surface area contributed by atoms with Crippen LogP contribution in [0.2, 0.25) is 0 Å². The third kappa shape index (κ3) is 6.88. The number of halogens is 1. The van der Waals surface area contributed by atoms with E-state index in [1.165, 1.54) is 16.0 Å². The summed E-state index contributed by atoms with van der Waals surface area (Å²) >= 11 is 1.79. The molecule has 0 atom stereocenters. The van der Waals surface area contributed by atoms with Gasteiger partial charge < -0.3 is 20.3 Å². The second-order valence-corrected chi connectivity index (χ2v) is 7.71. The molecule has 1 aliphatic rings. The van der Waals surface area contributed by atoms with E-state index in [-0.39, 0.29) is 29.9 Å². The summed E-state index contributed by atoms with van der Waals surface area (Å²) < 4.78 is 5.17. The number of ether oxygens (including phenoxy) is 1. The Morgan fingerprint density at radius 3 is 2.69 bits per heavy atom. The van der Waals surface area contributed by atoms with E-state index in [1.807, 2.05) is 17.0 Å². The van der Waals surface area contributed by atoms with Gasteiger partial charge in [0.25, 0.3) is 0 Å². The van der Waals surface area contributed by atoms with E-state index in [0.717, 1.165) is 44.2 Å². The fraction of sp³-hybridized carbons (Fsp3) is 0.429. The van der Waals surface area contributed by atoms with Gasteiger partial charge in [-0.05, 0) is 47.5 Å². The lowest BCUT2D eigenvalue weighted by molar-refractivity contribution is -0.131. The molecule has 6 nitrogen and oxygen atoms in total. The molecule has 2 heterocycles. The van der Waals surface area contributed by atoms with Gasteiger partial charge in [0.1, 0.15) is 5.75 Å². The van der Waals surface area contributed by atoms with Crippen molar-refractivity contribution in [3.05, 3.63) is 51.7 Å².